The molecule has 0 aromatic heterocycles. The minimum absolute atomic E-state index is 0.156. The summed E-state index contributed by atoms with van der Waals surface area (Å²) in [6, 6.07) is 10.6. The number of halogens is 1. The molecule has 2 aromatic carbocycles. The van der Waals surface area contributed by atoms with Crippen molar-refractivity contribution in [2.75, 3.05) is 5.32 Å². The first-order chi connectivity index (χ1) is 11.0. The molecular weight excluding hydrogens is 364 g/mol. The normalized spacial score (nSPS) is 14.5. The third-order valence-corrected chi connectivity index (χ3v) is 3.87. The third-order valence-electron chi connectivity index (χ3n) is 3.38. The zero-order chi connectivity index (χ0) is 16.6. The maximum atomic E-state index is 12.3. The standard InChI is InChI=1S/C16H9BrN2O4/c17-10-4-5-14-12(7-10)13(16(21)18-14)8-15(20)9-2-1-3-11(6-9)19(22)23/h1-8H,(H,18,21)/b13-8-. The van der Waals surface area contributed by atoms with Gasteiger partial charge in [0.25, 0.3) is 11.6 Å². The second kappa shape index (κ2) is 5.77. The van der Waals surface area contributed by atoms with Gasteiger partial charge in [0, 0.05) is 33.4 Å². The predicted octanol–water partition coefficient (Wildman–Crippen LogP) is 3.58. The van der Waals surface area contributed by atoms with Crippen LogP contribution in [0.3, 0.4) is 0 Å². The van der Waals surface area contributed by atoms with Gasteiger partial charge in [-0.05, 0) is 24.3 Å². The van der Waals surface area contributed by atoms with E-state index < -0.39 is 10.7 Å². The van der Waals surface area contributed by atoms with Crippen molar-refractivity contribution < 1.29 is 14.5 Å². The van der Waals surface area contributed by atoms with E-state index in [1.54, 1.807) is 18.2 Å². The molecule has 1 heterocycles. The molecular formula is C16H9BrN2O4. The average molecular weight is 373 g/mol. The summed E-state index contributed by atoms with van der Waals surface area (Å²) < 4.78 is 0.779. The smallest absolute Gasteiger partial charge is 0.270 e. The van der Waals surface area contributed by atoms with Gasteiger partial charge in [-0.3, -0.25) is 19.7 Å². The Labute approximate surface area is 139 Å². The number of nitro groups is 1. The summed E-state index contributed by atoms with van der Waals surface area (Å²) in [5.41, 5.74) is 1.45. The number of hydrogen-bond acceptors (Lipinski definition) is 4. The van der Waals surface area contributed by atoms with Gasteiger partial charge >= 0.3 is 0 Å². The molecule has 0 unspecified atom stereocenters. The fraction of sp³-hybridized carbons (Fsp3) is 0. The van der Waals surface area contributed by atoms with E-state index in [0.717, 1.165) is 4.47 Å². The van der Waals surface area contributed by atoms with Crippen molar-refractivity contribution in [2.24, 2.45) is 0 Å². The van der Waals surface area contributed by atoms with Gasteiger partial charge < -0.3 is 5.32 Å². The Morgan fingerprint density at radius 1 is 1.22 bits per heavy atom. The van der Waals surface area contributed by atoms with Gasteiger partial charge in [-0.15, -0.1) is 0 Å². The molecule has 0 saturated heterocycles. The Morgan fingerprint density at radius 3 is 2.74 bits per heavy atom. The Kier molecular flexibility index (Phi) is 3.79. The molecule has 6 nitrogen and oxygen atoms in total. The van der Waals surface area contributed by atoms with Gasteiger partial charge in [0.1, 0.15) is 0 Å². The summed E-state index contributed by atoms with van der Waals surface area (Å²) in [5.74, 6) is -0.844. The summed E-state index contributed by atoms with van der Waals surface area (Å²) in [6.45, 7) is 0. The summed E-state index contributed by atoms with van der Waals surface area (Å²) in [5, 5.41) is 13.5. The lowest BCUT2D eigenvalue weighted by Crippen LogP contribution is -2.06. The average Bonchev–Trinajstić information content (AvgIpc) is 2.83. The summed E-state index contributed by atoms with van der Waals surface area (Å²) in [6.07, 6.45) is 1.20. The van der Waals surface area contributed by atoms with Gasteiger partial charge in [0.05, 0.1) is 10.5 Å². The Balaban J connectivity index is 2.01. The van der Waals surface area contributed by atoms with E-state index in [4.69, 9.17) is 0 Å². The first-order valence-corrected chi connectivity index (χ1v) is 7.37. The third kappa shape index (κ3) is 2.91. The van der Waals surface area contributed by atoms with Crippen LogP contribution in [0.2, 0.25) is 0 Å². The fourth-order valence-corrected chi connectivity index (χ4v) is 2.65. The van der Waals surface area contributed by atoms with Crippen LogP contribution in [-0.2, 0) is 4.79 Å². The van der Waals surface area contributed by atoms with E-state index in [2.05, 4.69) is 21.2 Å². The van der Waals surface area contributed by atoms with Crippen molar-refractivity contribution in [1.82, 2.24) is 0 Å². The molecule has 2 aromatic rings. The van der Waals surface area contributed by atoms with Crippen LogP contribution in [0.5, 0.6) is 0 Å². The Hall–Kier alpha value is -2.80. The van der Waals surface area contributed by atoms with E-state index in [1.807, 2.05) is 0 Å². The zero-order valence-electron chi connectivity index (χ0n) is 11.6. The molecule has 1 aliphatic rings. The van der Waals surface area contributed by atoms with Crippen LogP contribution < -0.4 is 5.32 Å². The highest BCUT2D eigenvalue weighted by Gasteiger charge is 2.25. The number of non-ortho nitro benzene ring substituents is 1. The van der Waals surface area contributed by atoms with Crippen molar-refractivity contribution in [3.05, 3.63) is 74.3 Å². The number of nitro benzene ring substituents is 1. The van der Waals surface area contributed by atoms with Crippen LogP contribution >= 0.6 is 15.9 Å². The largest absolute Gasteiger partial charge is 0.321 e. The maximum absolute atomic E-state index is 12.3. The van der Waals surface area contributed by atoms with E-state index in [1.165, 1.54) is 30.3 Å². The van der Waals surface area contributed by atoms with Crippen molar-refractivity contribution in [2.45, 2.75) is 0 Å². The first kappa shape index (κ1) is 15.1. The molecule has 1 N–H and O–H groups in total. The molecule has 1 aliphatic heterocycles. The van der Waals surface area contributed by atoms with Gasteiger partial charge in [0.15, 0.2) is 5.78 Å². The first-order valence-electron chi connectivity index (χ1n) is 6.57. The number of allylic oxidation sites excluding steroid dienone is 1. The van der Waals surface area contributed by atoms with Crippen LogP contribution in [0.4, 0.5) is 11.4 Å². The van der Waals surface area contributed by atoms with E-state index >= 15 is 0 Å². The summed E-state index contributed by atoms with van der Waals surface area (Å²) >= 11 is 3.32. The quantitative estimate of drug-likeness (QED) is 0.386. The number of nitrogens with zero attached hydrogens (tertiary/aromatic N) is 1. The van der Waals surface area contributed by atoms with E-state index in [-0.39, 0.29) is 22.7 Å². The maximum Gasteiger partial charge on any atom is 0.270 e. The SMILES string of the molecule is O=C1Nc2ccc(Br)cc2/C1=C/C(=O)c1cccc([N+](=O)[O-])c1. The molecule has 114 valence electrons. The van der Waals surface area contributed by atoms with Crippen molar-refractivity contribution >= 4 is 44.6 Å². The van der Waals surface area contributed by atoms with E-state index in [9.17, 15) is 19.7 Å². The molecule has 1 amide bonds. The Bertz CT molecular complexity index is 889. The highest BCUT2D eigenvalue weighted by molar-refractivity contribution is 9.10. The van der Waals surface area contributed by atoms with Crippen molar-refractivity contribution in [3.63, 3.8) is 0 Å². The van der Waals surface area contributed by atoms with Gasteiger partial charge in [-0.25, -0.2) is 0 Å². The van der Waals surface area contributed by atoms with Gasteiger partial charge in [-0.2, -0.15) is 0 Å². The summed E-state index contributed by atoms with van der Waals surface area (Å²) in [4.78, 5) is 34.6. The minimum atomic E-state index is -0.571. The molecule has 3 rings (SSSR count). The fourth-order valence-electron chi connectivity index (χ4n) is 2.29. The highest BCUT2D eigenvalue weighted by atomic mass is 79.9. The molecule has 0 spiro atoms. The molecule has 0 saturated carbocycles. The lowest BCUT2D eigenvalue weighted by molar-refractivity contribution is -0.384. The lowest BCUT2D eigenvalue weighted by atomic mass is 10.0. The van der Waals surface area contributed by atoms with Crippen molar-refractivity contribution in [3.8, 4) is 0 Å². The highest BCUT2D eigenvalue weighted by Crippen LogP contribution is 2.34. The molecule has 0 radical (unpaired) electrons. The number of carbonyl (C=O) groups is 2. The number of benzene rings is 2. The molecule has 7 heteroatoms. The number of hydrogen-bond donors (Lipinski definition) is 1. The number of rotatable bonds is 3. The molecule has 0 bridgehead atoms. The van der Waals surface area contributed by atoms with E-state index in [0.29, 0.717) is 11.3 Å². The number of anilines is 1. The second-order valence-corrected chi connectivity index (χ2v) is 5.79. The van der Waals surface area contributed by atoms with Crippen molar-refractivity contribution in [1.29, 1.82) is 0 Å². The molecule has 0 aliphatic carbocycles. The van der Waals surface area contributed by atoms with Gasteiger partial charge in [-0.1, -0.05) is 28.1 Å². The van der Waals surface area contributed by atoms with Crippen LogP contribution in [0.15, 0.2) is 53.0 Å². The van der Waals surface area contributed by atoms with Gasteiger partial charge in [0.2, 0.25) is 0 Å². The molecule has 23 heavy (non-hydrogen) atoms. The lowest BCUT2D eigenvalue weighted by Gasteiger charge is -2.00. The Morgan fingerprint density at radius 2 is 2.00 bits per heavy atom. The van der Waals surface area contributed by atoms with Crippen LogP contribution in [-0.4, -0.2) is 16.6 Å². The number of carbonyl (C=O) groups excluding carboxylic acids is 2. The number of amides is 1. The van der Waals surface area contributed by atoms with Crippen LogP contribution in [0, 0.1) is 10.1 Å². The predicted molar refractivity (Wildman–Crippen MR) is 88.2 cm³/mol. The van der Waals surface area contributed by atoms with Crippen LogP contribution in [0.1, 0.15) is 15.9 Å². The summed E-state index contributed by atoms with van der Waals surface area (Å²) in [7, 11) is 0. The molecule has 0 atom stereocenters. The monoisotopic (exact) mass is 372 g/mol. The number of ketones is 1. The van der Waals surface area contributed by atoms with Crippen LogP contribution in [0.25, 0.3) is 5.57 Å². The minimum Gasteiger partial charge on any atom is -0.321 e. The zero-order valence-corrected chi connectivity index (χ0v) is 13.2. The number of nitrogens with one attached hydrogen (secondary N) is 1. The topological polar surface area (TPSA) is 89.3 Å². The number of fused-ring (bicyclic) bond motifs is 1. The second-order valence-electron chi connectivity index (χ2n) is 4.87. The molecule has 0 fully saturated rings.